The van der Waals surface area contributed by atoms with E-state index >= 15 is 0 Å². The lowest BCUT2D eigenvalue weighted by molar-refractivity contribution is 0.272. The van der Waals surface area contributed by atoms with Crippen molar-refractivity contribution in [2.24, 2.45) is 0 Å². The van der Waals surface area contributed by atoms with Gasteiger partial charge in [0.05, 0.1) is 0 Å². The minimum Gasteiger partial charge on any atom is -0.354 e. The molecule has 4 nitrogen and oxygen atoms in total. The molecule has 1 aromatic rings. The Balaban J connectivity index is 1.94. The van der Waals surface area contributed by atoms with Gasteiger partial charge >= 0.3 is 0 Å². The van der Waals surface area contributed by atoms with Crippen LogP contribution in [0.4, 0.5) is 5.82 Å². The minimum atomic E-state index is 0.716. The van der Waals surface area contributed by atoms with Crippen molar-refractivity contribution in [3.8, 4) is 0 Å². The highest BCUT2D eigenvalue weighted by Gasteiger charge is 2.17. The van der Waals surface area contributed by atoms with Gasteiger partial charge in [-0.1, -0.05) is 13.3 Å². The fourth-order valence-electron chi connectivity index (χ4n) is 2.27. The highest BCUT2D eigenvalue weighted by Crippen LogP contribution is 2.14. The summed E-state index contributed by atoms with van der Waals surface area (Å²) in [5.74, 6) is 1.78. The lowest BCUT2D eigenvalue weighted by Crippen LogP contribution is -2.47. The van der Waals surface area contributed by atoms with Crippen LogP contribution >= 0.6 is 11.6 Å². The van der Waals surface area contributed by atoms with Gasteiger partial charge in [0, 0.05) is 50.4 Å². The summed E-state index contributed by atoms with van der Waals surface area (Å²) in [6.45, 7) is 7.35. The third-order valence-electron chi connectivity index (χ3n) is 3.31. The molecule has 5 heteroatoms. The predicted molar refractivity (Wildman–Crippen MR) is 75.4 cm³/mol. The van der Waals surface area contributed by atoms with E-state index in [1.54, 1.807) is 6.33 Å². The molecule has 0 aliphatic carbocycles. The lowest BCUT2D eigenvalue weighted by Gasteiger charge is -2.35. The Labute approximate surface area is 114 Å². The van der Waals surface area contributed by atoms with Gasteiger partial charge in [-0.3, -0.25) is 4.90 Å². The van der Waals surface area contributed by atoms with Crippen molar-refractivity contribution < 1.29 is 0 Å². The van der Waals surface area contributed by atoms with Crippen molar-refractivity contribution in [3.05, 3.63) is 18.1 Å². The molecular weight excluding hydrogens is 248 g/mol. The van der Waals surface area contributed by atoms with Crippen LogP contribution in [0.3, 0.4) is 0 Å². The van der Waals surface area contributed by atoms with Crippen molar-refractivity contribution >= 4 is 17.4 Å². The second kappa shape index (κ2) is 6.90. The first-order valence-electron chi connectivity index (χ1n) is 6.67. The third kappa shape index (κ3) is 3.56. The molecule has 0 amide bonds. The van der Waals surface area contributed by atoms with Gasteiger partial charge in [-0.25, -0.2) is 9.97 Å². The quantitative estimate of drug-likeness (QED) is 0.762. The maximum Gasteiger partial charge on any atom is 0.132 e. The molecule has 0 N–H and O–H groups in total. The summed E-state index contributed by atoms with van der Waals surface area (Å²) in [4.78, 5) is 13.4. The Morgan fingerprint density at radius 3 is 2.67 bits per heavy atom. The summed E-state index contributed by atoms with van der Waals surface area (Å²) in [6, 6.07) is 2.13. The van der Waals surface area contributed by atoms with E-state index in [9.17, 15) is 0 Å². The van der Waals surface area contributed by atoms with Crippen molar-refractivity contribution in [3.63, 3.8) is 0 Å². The third-order valence-corrected chi connectivity index (χ3v) is 3.48. The average Bonchev–Trinajstić information content (AvgIpc) is 2.41. The topological polar surface area (TPSA) is 32.3 Å². The van der Waals surface area contributed by atoms with Crippen LogP contribution in [0, 0.1) is 0 Å². The molecule has 100 valence electrons. The SMILES string of the molecule is CCCc1cc(N2CCN(CCCl)CC2)ncn1. The summed E-state index contributed by atoms with van der Waals surface area (Å²) >= 11 is 5.77. The molecule has 18 heavy (non-hydrogen) atoms. The van der Waals surface area contributed by atoms with Crippen LogP contribution in [0.15, 0.2) is 12.4 Å². The van der Waals surface area contributed by atoms with E-state index in [1.807, 2.05) is 0 Å². The first-order valence-corrected chi connectivity index (χ1v) is 7.21. The van der Waals surface area contributed by atoms with Crippen LogP contribution in [0.25, 0.3) is 0 Å². The first kappa shape index (κ1) is 13.6. The smallest absolute Gasteiger partial charge is 0.132 e. The second-order valence-corrected chi connectivity index (χ2v) is 5.01. The number of halogens is 1. The van der Waals surface area contributed by atoms with E-state index in [2.05, 4.69) is 32.8 Å². The number of nitrogens with zero attached hydrogens (tertiary/aromatic N) is 4. The molecule has 0 bridgehead atoms. The van der Waals surface area contributed by atoms with Crippen molar-refractivity contribution in [2.45, 2.75) is 19.8 Å². The molecule has 0 spiro atoms. The Morgan fingerprint density at radius 1 is 1.22 bits per heavy atom. The predicted octanol–water partition coefficient (Wildman–Crippen LogP) is 1.79. The van der Waals surface area contributed by atoms with Crippen LogP contribution < -0.4 is 4.90 Å². The van der Waals surface area contributed by atoms with Crippen molar-refractivity contribution in [1.82, 2.24) is 14.9 Å². The van der Waals surface area contributed by atoms with E-state index in [0.29, 0.717) is 5.88 Å². The van der Waals surface area contributed by atoms with Gasteiger partial charge in [0.15, 0.2) is 0 Å². The molecule has 0 atom stereocenters. The molecule has 0 radical (unpaired) electrons. The van der Waals surface area contributed by atoms with Crippen LogP contribution in [0.2, 0.25) is 0 Å². The number of hydrogen-bond donors (Lipinski definition) is 0. The van der Waals surface area contributed by atoms with Gasteiger partial charge in [0.1, 0.15) is 12.1 Å². The van der Waals surface area contributed by atoms with Crippen molar-refractivity contribution in [1.29, 1.82) is 0 Å². The molecule has 1 saturated heterocycles. The van der Waals surface area contributed by atoms with Crippen LogP contribution in [0.1, 0.15) is 19.0 Å². The summed E-state index contributed by atoms with van der Waals surface area (Å²) in [6.07, 6.45) is 3.84. The zero-order valence-electron chi connectivity index (χ0n) is 11.0. The Hall–Kier alpha value is -0.870. The molecule has 0 aromatic carbocycles. The Kier molecular flexibility index (Phi) is 5.20. The summed E-state index contributed by atoms with van der Waals surface area (Å²) in [5, 5.41) is 0. The highest BCUT2D eigenvalue weighted by atomic mass is 35.5. The van der Waals surface area contributed by atoms with E-state index in [-0.39, 0.29) is 0 Å². The maximum atomic E-state index is 5.77. The molecule has 1 aliphatic rings. The van der Waals surface area contributed by atoms with Crippen molar-refractivity contribution in [2.75, 3.05) is 43.5 Å². The minimum absolute atomic E-state index is 0.716. The molecule has 1 aromatic heterocycles. The normalized spacial score (nSPS) is 17.1. The van der Waals surface area contributed by atoms with Gasteiger partial charge < -0.3 is 4.90 Å². The molecule has 1 aliphatic heterocycles. The highest BCUT2D eigenvalue weighted by molar-refractivity contribution is 6.18. The standard InChI is InChI=1S/C13H21ClN4/c1-2-3-12-10-13(16-11-15-12)18-8-6-17(5-4-14)7-9-18/h10-11H,2-9H2,1H3. The monoisotopic (exact) mass is 268 g/mol. The molecular formula is C13H21ClN4. The van der Waals surface area contributed by atoms with E-state index in [1.165, 1.54) is 0 Å². The second-order valence-electron chi connectivity index (χ2n) is 4.64. The van der Waals surface area contributed by atoms with Crippen LogP contribution in [0.5, 0.6) is 0 Å². The number of aryl methyl sites for hydroxylation is 1. The Morgan fingerprint density at radius 2 is 2.00 bits per heavy atom. The lowest BCUT2D eigenvalue weighted by atomic mass is 10.2. The molecule has 2 heterocycles. The van der Waals surface area contributed by atoms with Gasteiger partial charge in [-0.2, -0.15) is 0 Å². The van der Waals surface area contributed by atoms with E-state index < -0.39 is 0 Å². The number of aromatic nitrogens is 2. The number of alkyl halides is 1. The summed E-state index contributed by atoms with van der Waals surface area (Å²) in [5.41, 5.74) is 1.14. The summed E-state index contributed by atoms with van der Waals surface area (Å²) < 4.78 is 0. The zero-order valence-corrected chi connectivity index (χ0v) is 11.7. The zero-order chi connectivity index (χ0) is 12.8. The molecule has 0 unspecified atom stereocenters. The fourth-order valence-corrected chi connectivity index (χ4v) is 2.51. The maximum absolute atomic E-state index is 5.77. The first-order chi connectivity index (χ1) is 8.83. The van der Waals surface area contributed by atoms with Crippen LogP contribution in [-0.4, -0.2) is 53.5 Å². The van der Waals surface area contributed by atoms with Gasteiger partial charge in [0.2, 0.25) is 0 Å². The number of hydrogen-bond acceptors (Lipinski definition) is 4. The van der Waals surface area contributed by atoms with Gasteiger partial charge in [0.25, 0.3) is 0 Å². The number of anilines is 1. The Bertz CT molecular complexity index is 364. The fraction of sp³-hybridized carbons (Fsp3) is 0.692. The number of rotatable bonds is 5. The van der Waals surface area contributed by atoms with E-state index in [0.717, 1.165) is 57.1 Å². The van der Waals surface area contributed by atoms with Crippen LogP contribution in [-0.2, 0) is 6.42 Å². The molecule has 0 saturated carbocycles. The van der Waals surface area contributed by atoms with Gasteiger partial charge in [-0.05, 0) is 6.42 Å². The largest absolute Gasteiger partial charge is 0.354 e. The van der Waals surface area contributed by atoms with E-state index in [4.69, 9.17) is 11.6 Å². The average molecular weight is 269 g/mol. The molecule has 2 rings (SSSR count). The summed E-state index contributed by atoms with van der Waals surface area (Å²) in [7, 11) is 0. The number of piperazine rings is 1. The molecule has 1 fully saturated rings. The van der Waals surface area contributed by atoms with Gasteiger partial charge in [-0.15, -0.1) is 11.6 Å².